The lowest BCUT2D eigenvalue weighted by Gasteiger charge is -2.32. The zero-order valence-corrected chi connectivity index (χ0v) is 20.8. The van der Waals surface area contributed by atoms with E-state index in [-0.39, 0.29) is 12.1 Å². The highest BCUT2D eigenvalue weighted by Gasteiger charge is 2.28. The van der Waals surface area contributed by atoms with Gasteiger partial charge in [0.2, 0.25) is 0 Å². The number of carbonyl (C=O) groups excluding carboxylic acids is 1. The van der Waals surface area contributed by atoms with Crippen LogP contribution in [-0.4, -0.2) is 17.0 Å². The summed E-state index contributed by atoms with van der Waals surface area (Å²) in [6.45, 7) is 6.94. The molecule has 0 bridgehead atoms. The highest BCUT2D eigenvalue weighted by atomic mass is 16.2. The number of fused-ring (bicyclic) bond motifs is 3. The lowest BCUT2D eigenvalue weighted by atomic mass is 9.98. The number of amides is 2. The molecular weight excluding hydrogens is 416 g/mol. The maximum Gasteiger partial charge on any atom is 0.322 e. The van der Waals surface area contributed by atoms with E-state index in [1.54, 1.807) is 0 Å². The number of carbonyl (C=O) groups is 1. The summed E-state index contributed by atoms with van der Waals surface area (Å²) in [5.41, 5.74) is 11.1. The second-order valence-corrected chi connectivity index (χ2v) is 10.3. The fourth-order valence-electron chi connectivity index (χ4n) is 6.08. The summed E-state index contributed by atoms with van der Waals surface area (Å²) < 4.78 is 0. The van der Waals surface area contributed by atoms with Gasteiger partial charge in [-0.25, -0.2) is 4.79 Å². The van der Waals surface area contributed by atoms with Crippen molar-refractivity contribution >= 4 is 11.7 Å². The third kappa shape index (κ3) is 4.49. The molecule has 0 heterocycles. The number of hydrogen-bond acceptors (Lipinski definition) is 1. The molecule has 2 aliphatic rings. The fraction of sp³-hybridized carbons (Fsp3) is 0.387. The molecule has 2 aliphatic carbocycles. The van der Waals surface area contributed by atoms with Gasteiger partial charge in [0.25, 0.3) is 0 Å². The Bertz CT molecular complexity index is 1180. The molecule has 0 aliphatic heterocycles. The van der Waals surface area contributed by atoms with Crippen molar-refractivity contribution in [3.8, 4) is 11.1 Å². The van der Waals surface area contributed by atoms with Gasteiger partial charge in [-0.2, -0.15) is 0 Å². The average molecular weight is 453 g/mol. The Morgan fingerprint density at radius 1 is 0.882 bits per heavy atom. The van der Waals surface area contributed by atoms with Gasteiger partial charge in [0.1, 0.15) is 0 Å². The zero-order chi connectivity index (χ0) is 23.7. The molecule has 3 aromatic rings. The molecule has 3 heteroatoms. The molecular formula is C31H36N2O. The van der Waals surface area contributed by atoms with E-state index in [1.807, 2.05) is 0 Å². The van der Waals surface area contributed by atoms with Crippen LogP contribution in [0.1, 0.15) is 71.9 Å². The molecule has 0 aromatic heterocycles. The number of hydrogen-bond donors (Lipinski definition) is 1. The van der Waals surface area contributed by atoms with E-state index in [4.69, 9.17) is 0 Å². The summed E-state index contributed by atoms with van der Waals surface area (Å²) in [4.78, 5) is 16.0. The van der Waals surface area contributed by atoms with Crippen LogP contribution in [0.5, 0.6) is 0 Å². The second kappa shape index (κ2) is 9.66. The predicted octanol–water partition coefficient (Wildman–Crippen LogP) is 7.94. The third-order valence-electron chi connectivity index (χ3n) is 7.68. The van der Waals surface area contributed by atoms with E-state index >= 15 is 0 Å². The van der Waals surface area contributed by atoms with Gasteiger partial charge < -0.3 is 10.2 Å². The first kappa shape index (κ1) is 22.7. The van der Waals surface area contributed by atoms with Crippen LogP contribution in [0.15, 0.2) is 54.6 Å². The molecule has 3 aromatic carbocycles. The van der Waals surface area contributed by atoms with Crippen LogP contribution in [0.4, 0.5) is 10.5 Å². The molecule has 176 valence electrons. The van der Waals surface area contributed by atoms with Crippen molar-refractivity contribution in [1.82, 2.24) is 4.90 Å². The van der Waals surface area contributed by atoms with Gasteiger partial charge in [-0.3, -0.25) is 0 Å². The normalized spacial score (nSPS) is 15.4. The topological polar surface area (TPSA) is 32.3 Å². The largest absolute Gasteiger partial charge is 0.322 e. The molecule has 1 saturated carbocycles. The molecule has 1 N–H and O–H groups in total. The molecule has 0 atom stereocenters. The molecule has 34 heavy (non-hydrogen) atoms. The molecule has 0 radical (unpaired) electrons. The highest BCUT2D eigenvalue weighted by molar-refractivity contribution is 5.91. The van der Waals surface area contributed by atoms with Crippen LogP contribution >= 0.6 is 0 Å². The van der Waals surface area contributed by atoms with Crippen molar-refractivity contribution in [2.75, 3.05) is 5.32 Å². The van der Waals surface area contributed by atoms with Crippen LogP contribution in [0, 0.1) is 20.8 Å². The van der Waals surface area contributed by atoms with E-state index in [0.29, 0.717) is 6.54 Å². The Labute approximate surface area is 204 Å². The monoisotopic (exact) mass is 452 g/mol. The van der Waals surface area contributed by atoms with Gasteiger partial charge in [0.15, 0.2) is 0 Å². The van der Waals surface area contributed by atoms with E-state index in [9.17, 15) is 4.79 Å². The van der Waals surface area contributed by atoms with Gasteiger partial charge in [0.05, 0.1) is 0 Å². The molecule has 5 rings (SSSR count). The smallest absolute Gasteiger partial charge is 0.317 e. The predicted molar refractivity (Wildman–Crippen MR) is 141 cm³/mol. The van der Waals surface area contributed by atoms with Crippen molar-refractivity contribution in [2.45, 2.75) is 78.3 Å². The molecule has 3 nitrogen and oxygen atoms in total. The highest BCUT2D eigenvalue weighted by Crippen LogP contribution is 2.40. The average Bonchev–Trinajstić information content (AvgIpc) is 2.99. The maximum absolute atomic E-state index is 13.9. The fourth-order valence-corrected chi connectivity index (χ4v) is 6.08. The van der Waals surface area contributed by atoms with Crippen LogP contribution < -0.4 is 5.32 Å². The number of nitrogens with one attached hydrogen (secondary N) is 1. The Morgan fingerprint density at radius 3 is 2.29 bits per heavy atom. The second-order valence-electron chi connectivity index (χ2n) is 10.3. The first-order valence-corrected chi connectivity index (χ1v) is 12.9. The van der Waals surface area contributed by atoms with E-state index < -0.39 is 0 Å². The minimum Gasteiger partial charge on any atom is -0.317 e. The van der Waals surface area contributed by atoms with Crippen molar-refractivity contribution in [2.24, 2.45) is 0 Å². The van der Waals surface area contributed by atoms with E-state index in [0.717, 1.165) is 36.1 Å². The molecule has 2 amide bonds. The van der Waals surface area contributed by atoms with Crippen molar-refractivity contribution in [3.05, 3.63) is 88.0 Å². The summed E-state index contributed by atoms with van der Waals surface area (Å²) in [6, 6.07) is 20.0. The van der Waals surface area contributed by atoms with Gasteiger partial charge in [0, 0.05) is 18.3 Å². The van der Waals surface area contributed by atoms with Crippen LogP contribution in [0.25, 0.3) is 11.1 Å². The maximum atomic E-state index is 13.9. The molecule has 0 saturated heterocycles. The quantitative estimate of drug-likeness (QED) is 0.313. The number of nitrogens with zero attached hydrogens (tertiary/aromatic N) is 1. The van der Waals surface area contributed by atoms with Crippen molar-refractivity contribution in [1.29, 1.82) is 0 Å². The first-order valence-electron chi connectivity index (χ1n) is 12.9. The molecule has 0 spiro atoms. The summed E-state index contributed by atoms with van der Waals surface area (Å²) in [5.74, 6) is 0. The summed E-state index contributed by atoms with van der Waals surface area (Å²) in [7, 11) is 0. The van der Waals surface area contributed by atoms with Gasteiger partial charge in [-0.05, 0) is 79.0 Å². The number of aryl methyl sites for hydroxylation is 3. The molecule has 1 fully saturated rings. The number of benzene rings is 3. The summed E-state index contributed by atoms with van der Waals surface area (Å²) in [5, 5.41) is 3.32. The number of anilines is 1. The van der Waals surface area contributed by atoms with E-state index in [2.05, 4.69) is 85.6 Å². The summed E-state index contributed by atoms with van der Waals surface area (Å²) >= 11 is 0. The van der Waals surface area contributed by atoms with Crippen LogP contribution in [0.3, 0.4) is 0 Å². The minimum atomic E-state index is 0.0332. The summed E-state index contributed by atoms with van der Waals surface area (Å²) in [6.07, 6.45) is 8.11. The lowest BCUT2D eigenvalue weighted by molar-refractivity contribution is 0.175. The Kier molecular flexibility index (Phi) is 6.45. The van der Waals surface area contributed by atoms with Crippen LogP contribution in [0.2, 0.25) is 0 Å². The Balaban J connectivity index is 1.49. The first-order chi connectivity index (χ1) is 16.5. The van der Waals surface area contributed by atoms with Crippen molar-refractivity contribution in [3.63, 3.8) is 0 Å². The SMILES string of the molecule is Cc1cc(C)c(NC(=O)N(Cc2cccc3c2-c2ccccc2C3)C2CCCCCC2)c(C)c1. The number of urea groups is 1. The van der Waals surface area contributed by atoms with Gasteiger partial charge >= 0.3 is 6.03 Å². The lowest BCUT2D eigenvalue weighted by Crippen LogP contribution is -2.42. The van der Waals surface area contributed by atoms with Gasteiger partial charge in [-0.15, -0.1) is 0 Å². The van der Waals surface area contributed by atoms with Crippen LogP contribution in [-0.2, 0) is 13.0 Å². The minimum absolute atomic E-state index is 0.0332. The number of rotatable bonds is 4. The third-order valence-corrected chi connectivity index (χ3v) is 7.68. The zero-order valence-electron chi connectivity index (χ0n) is 20.8. The molecule has 0 unspecified atom stereocenters. The van der Waals surface area contributed by atoms with E-state index in [1.165, 1.54) is 59.1 Å². The Hall–Kier alpha value is -3.07. The van der Waals surface area contributed by atoms with Gasteiger partial charge in [-0.1, -0.05) is 85.8 Å². The Morgan fingerprint density at radius 2 is 1.56 bits per heavy atom. The van der Waals surface area contributed by atoms with Crippen molar-refractivity contribution < 1.29 is 4.79 Å². The standard InChI is InChI=1S/C31H36N2O/c1-21-17-22(2)30(23(3)18-21)32-31(34)33(27-14-6-4-5-7-15-27)20-26-13-10-12-25-19-24-11-8-9-16-28(24)29(25)26/h8-13,16-18,27H,4-7,14-15,19-20H2,1-3H3,(H,32,34).